The van der Waals surface area contributed by atoms with Crippen LogP contribution in [0.1, 0.15) is 0 Å². The number of benzene rings is 1. The molecular formula is C10H12N2O2. The van der Waals surface area contributed by atoms with Crippen molar-refractivity contribution in [3.63, 3.8) is 0 Å². The number of hydrogen-bond donors (Lipinski definition) is 1. The van der Waals surface area contributed by atoms with E-state index < -0.39 is 0 Å². The van der Waals surface area contributed by atoms with Gasteiger partial charge in [-0.05, 0) is 12.1 Å². The summed E-state index contributed by atoms with van der Waals surface area (Å²) in [5.74, 6) is 0.832. The standard InChI is InChI=1S/C10H12N2O2/c1-13-4-5-14-9-3-2-8-7-11-12-10(8)6-9/h2-3,6-7H,4-5H2,1H3,(H,11,12). The van der Waals surface area contributed by atoms with E-state index in [1.807, 2.05) is 18.2 Å². The van der Waals surface area contributed by atoms with E-state index in [-0.39, 0.29) is 0 Å². The first-order valence-corrected chi connectivity index (χ1v) is 4.45. The molecule has 0 amide bonds. The zero-order valence-corrected chi connectivity index (χ0v) is 7.99. The summed E-state index contributed by atoms with van der Waals surface area (Å²) in [6, 6.07) is 5.83. The van der Waals surface area contributed by atoms with E-state index in [1.54, 1.807) is 13.3 Å². The Morgan fingerprint density at radius 1 is 1.36 bits per heavy atom. The molecule has 0 saturated heterocycles. The minimum absolute atomic E-state index is 0.566. The molecule has 1 N–H and O–H groups in total. The molecule has 14 heavy (non-hydrogen) atoms. The van der Waals surface area contributed by atoms with Gasteiger partial charge in [0.25, 0.3) is 0 Å². The van der Waals surface area contributed by atoms with Crippen LogP contribution in [0.5, 0.6) is 5.75 Å². The van der Waals surface area contributed by atoms with Gasteiger partial charge in [-0.3, -0.25) is 5.10 Å². The number of ether oxygens (including phenoxy) is 2. The average Bonchev–Trinajstić information content (AvgIpc) is 2.65. The predicted molar refractivity (Wildman–Crippen MR) is 53.5 cm³/mol. The van der Waals surface area contributed by atoms with Gasteiger partial charge >= 0.3 is 0 Å². The van der Waals surface area contributed by atoms with E-state index in [2.05, 4.69) is 10.2 Å². The lowest BCUT2D eigenvalue weighted by atomic mass is 10.2. The van der Waals surface area contributed by atoms with E-state index in [1.165, 1.54) is 0 Å². The first kappa shape index (κ1) is 9.02. The van der Waals surface area contributed by atoms with Crippen molar-refractivity contribution >= 4 is 10.9 Å². The first-order valence-electron chi connectivity index (χ1n) is 4.45. The Morgan fingerprint density at radius 3 is 3.14 bits per heavy atom. The van der Waals surface area contributed by atoms with Gasteiger partial charge in [0.1, 0.15) is 12.4 Å². The van der Waals surface area contributed by atoms with Crippen molar-refractivity contribution in [1.82, 2.24) is 10.2 Å². The highest BCUT2D eigenvalue weighted by atomic mass is 16.5. The Kier molecular flexibility index (Phi) is 2.65. The number of hydrogen-bond acceptors (Lipinski definition) is 3. The normalized spacial score (nSPS) is 10.6. The molecule has 0 unspecified atom stereocenters. The van der Waals surface area contributed by atoms with Crippen molar-refractivity contribution in [1.29, 1.82) is 0 Å². The quantitative estimate of drug-likeness (QED) is 0.748. The summed E-state index contributed by atoms with van der Waals surface area (Å²) in [6.45, 7) is 1.16. The van der Waals surface area contributed by atoms with Gasteiger partial charge in [-0.25, -0.2) is 0 Å². The molecule has 4 nitrogen and oxygen atoms in total. The molecule has 0 saturated carbocycles. The summed E-state index contributed by atoms with van der Waals surface area (Å²) in [4.78, 5) is 0. The van der Waals surface area contributed by atoms with E-state index in [9.17, 15) is 0 Å². The number of nitrogens with zero attached hydrogens (tertiary/aromatic N) is 1. The second-order valence-corrected chi connectivity index (χ2v) is 2.96. The molecule has 0 bridgehead atoms. The number of methoxy groups -OCH3 is 1. The summed E-state index contributed by atoms with van der Waals surface area (Å²) < 4.78 is 10.3. The predicted octanol–water partition coefficient (Wildman–Crippen LogP) is 1.59. The molecule has 0 aliphatic rings. The lowest BCUT2D eigenvalue weighted by Crippen LogP contribution is -2.03. The molecule has 1 aromatic heterocycles. The molecule has 74 valence electrons. The molecule has 1 aromatic carbocycles. The Hall–Kier alpha value is -1.55. The molecule has 0 atom stereocenters. The van der Waals surface area contributed by atoms with Crippen LogP contribution in [-0.2, 0) is 4.74 Å². The van der Waals surface area contributed by atoms with Gasteiger partial charge in [0.05, 0.1) is 18.3 Å². The lowest BCUT2D eigenvalue weighted by Gasteiger charge is -2.04. The second-order valence-electron chi connectivity index (χ2n) is 2.96. The van der Waals surface area contributed by atoms with Crippen molar-refractivity contribution in [2.75, 3.05) is 20.3 Å². The summed E-state index contributed by atoms with van der Waals surface area (Å²) in [5, 5.41) is 7.91. The zero-order chi connectivity index (χ0) is 9.80. The van der Waals surface area contributed by atoms with Gasteiger partial charge in [0, 0.05) is 18.6 Å². The fraction of sp³-hybridized carbons (Fsp3) is 0.300. The van der Waals surface area contributed by atoms with Crippen LogP contribution >= 0.6 is 0 Å². The molecular weight excluding hydrogens is 180 g/mol. The van der Waals surface area contributed by atoms with Crippen molar-refractivity contribution in [3.8, 4) is 5.75 Å². The SMILES string of the molecule is COCCOc1ccc2cn[nH]c2c1. The van der Waals surface area contributed by atoms with E-state index in [4.69, 9.17) is 9.47 Å². The minimum atomic E-state index is 0.566. The van der Waals surface area contributed by atoms with Crippen LogP contribution in [0.4, 0.5) is 0 Å². The highest BCUT2D eigenvalue weighted by Crippen LogP contribution is 2.18. The van der Waals surface area contributed by atoms with E-state index >= 15 is 0 Å². The van der Waals surface area contributed by atoms with Crippen LogP contribution in [0.15, 0.2) is 24.4 Å². The fourth-order valence-corrected chi connectivity index (χ4v) is 1.25. The maximum atomic E-state index is 5.45. The molecule has 2 aromatic rings. The van der Waals surface area contributed by atoms with Crippen LogP contribution < -0.4 is 4.74 Å². The topological polar surface area (TPSA) is 47.1 Å². The van der Waals surface area contributed by atoms with Gasteiger partial charge in [-0.2, -0.15) is 5.10 Å². The molecule has 1 heterocycles. The molecule has 2 rings (SSSR count). The molecule has 0 aliphatic heterocycles. The number of H-pyrrole nitrogens is 1. The van der Waals surface area contributed by atoms with Crippen LogP contribution in [0.2, 0.25) is 0 Å². The van der Waals surface area contributed by atoms with Crippen molar-refractivity contribution < 1.29 is 9.47 Å². The monoisotopic (exact) mass is 192 g/mol. The summed E-state index contributed by atoms with van der Waals surface area (Å²) in [7, 11) is 1.65. The van der Waals surface area contributed by atoms with Gasteiger partial charge in [0.2, 0.25) is 0 Å². The smallest absolute Gasteiger partial charge is 0.121 e. The van der Waals surface area contributed by atoms with Gasteiger partial charge < -0.3 is 9.47 Å². The van der Waals surface area contributed by atoms with Crippen LogP contribution in [0.25, 0.3) is 10.9 Å². The number of aromatic amines is 1. The van der Waals surface area contributed by atoms with Crippen LogP contribution in [0.3, 0.4) is 0 Å². The Morgan fingerprint density at radius 2 is 2.29 bits per heavy atom. The second kappa shape index (κ2) is 4.11. The molecule has 0 fully saturated rings. The Labute approximate surface area is 81.8 Å². The van der Waals surface area contributed by atoms with E-state index in [0.29, 0.717) is 13.2 Å². The van der Waals surface area contributed by atoms with Gasteiger partial charge in [-0.1, -0.05) is 0 Å². The number of fused-ring (bicyclic) bond motifs is 1. The number of rotatable bonds is 4. The zero-order valence-electron chi connectivity index (χ0n) is 7.99. The molecule has 0 aliphatic carbocycles. The Bertz CT molecular complexity index is 411. The van der Waals surface area contributed by atoms with Crippen molar-refractivity contribution in [3.05, 3.63) is 24.4 Å². The lowest BCUT2D eigenvalue weighted by molar-refractivity contribution is 0.146. The van der Waals surface area contributed by atoms with Crippen LogP contribution in [-0.4, -0.2) is 30.5 Å². The third kappa shape index (κ3) is 1.85. The van der Waals surface area contributed by atoms with E-state index in [0.717, 1.165) is 16.7 Å². The minimum Gasteiger partial charge on any atom is -0.491 e. The highest BCUT2D eigenvalue weighted by Gasteiger charge is 1.98. The molecule has 0 radical (unpaired) electrons. The number of nitrogens with one attached hydrogen (secondary N) is 1. The van der Waals surface area contributed by atoms with Crippen molar-refractivity contribution in [2.45, 2.75) is 0 Å². The third-order valence-electron chi connectivity index (χ3n) is 1.97. The van der Waals surface area contributed by atoms with Gasteiger partial charge in [-0.15, -0.1) is 0 Å². The third-order valence-corrected chi connectivity index (χ3v) is 1.97. The largest absolute Gasteiger partial charge is 0.491 e. The highest BCUT2D eigenvalue weighted by molar-refractivity contribution is 5.79. The molecule has 4 heteroatoms. The van der Waals surface area contributed by atoms with Gasteiger partial charge in [0.15, 0.2) is 0 Å². The maximum Gasteiger partial charge on any atom is 0.121 e. The summed E-state index contributed by atoms with van der Waals surface area (Å²) in [5.41, 5.74) is 0.986. The number of aromatic nitrogens is 2. The Balaban J connectivity index is 2.10. The average molecular weight is 192 g/mol. The summed E-state index contributed by atoms with van der Waals surface area (Å²) in [6.07, 6.45) is 1.79. The fourth-order valence-electron chi connectivity index (χ4n) is 1.25. The van der Waals surface area contributed by atoms with Crippen molar-refractivity contribution in [2.24, 2.45) is 0 Å². The maximum absolute atomic E-state index is 5.45. The van der Waals surface area contributed by atoms with Crippen LogP contribution in [0, 0.1) is 0 Å². The molecule has 0 spiro atoms. The summed E-state index contributed by atoms with van der Waals surface area (Å²) >= 11 is 0. The first-order chi connectivity index (χ1) is 6.90.